The third kappa shape index (κ3) is 3.13. The minimum absolute atomic E-state index is 0.0249. The van der Waals surface area contributed by atoms with Gasteiger partial charge >= 0.3 is 0 Å². The van der Waals surface area contributed by atoms with E-state index in [0.29, 0.717) is 41.7 Å². The average molecular weight is 431 g/mol. The Kier molecular flexibility index (Phi) is 4.74. The molecule has 2 aliphatic heterocycles. The van der Waals surface area contributed by atoms with Crippen molar-refractivity contribution in [3.63, 3.8) is 0 Å². The first kappa shape index (κ1) is 19.9. The Morgan fingerprint density at radius 1 is 0.969 bits per heavy atom. The molecule has 32 heavy (non-hydrogen) atoms. The molecule has 1 fully saturated rings. The van der Waals surface area contributed by atoms with E-state index in [1.807, 2.05) is 19.9 Å². The van der Waals surface area contributed by atoms with Crippen molar-refractivity contribution >= 4 is 23.1 Å². The van der Waals surface area contributed by atoms with Crippen LogP contribution in [0, 0.1) is 13.8 Å². The number of aliphatic hydroxyl groups is 1. The minimum Gasteiger partial charge on any atom is -0.507 e. The molecule has 0 aliphatic carbocycles. The highest BCUT2D eigenvalue weighted by molar-refractivity contribution is 6.51. The minimum atomic E-state index is -0.922. The number of ketones is 1. The number of benzene rings is 2. The Morgan fingerprint density at radius 2 is 1.75 bits per heavy atom. The van der Waals surface area contributed by atoms with Crippen LogP contribution in [0.2, 0.25) is 0 Å². The average Bonchev–Trinajstić information content (AvgIpc) is 3.42. The fraction of sp³-hybridized carbons (Fsp3) is 0.200. The molecule has 1 atom stereocenters. The summed E-state index contributed by atoms with van der Waals surface area (Å²) in [5.41, 5.74) is 2.90. The van der Waals surface area contributed by atoms with Gasteiger partial charge in [0, 0.05) is 17.3 Å². The molecule has 1 N–H and O–H groups in total. The Labute approximate surface area is 184 Å². The Morgan fingerprint density at radius 3 is 2.47 bits per heavy atom. The van der Waals surface area contributed by atoms with Crippen LogP contribution in [0.15, 0.2) is 64.8 Å². The number of hydrogen-bond acceptors (Lipinski definition) is 6. The number of carbonyl (C=O) groups excluding carboxylic acids is 2. The van der Waals surface area contributed by atoms with Crippen LogP contribution in [0.4, 0.5) is 5.69 Å². The van der Waals surface area contributed by atoms with Gasteiger partial charge in [-0.15, -0.1) is 0 Å². The zero-order valence-corrected chi connectivity index (χ0v) is 17.6. The number of fused-ring (bicyclic) bond motifs is 1. The van der Waals surface area contributed by atoms with E-state index in [2.05, 4.69) is 0 Å². The second-order valence-corrected chi connectivity index (χ2v) is 7.81. The van der Waals surface area contributed by atoms with E-state index in [4.69, 9.17) is 13.9 Å². The molecule has 7 nitrogen and oxygen atoms in total. The molecule has 162 valence electrons. The summed E-state index contributed by atoms with van der Waals surface area (Å²) in [6, 6.07) is 12.9. The first-order valence-corrected chi connectivity index (χ1v) is 10.3. The lowest BCUT2D eigenvalue weighted by Gasteiger charge is -2.25. The lowest BCUT2D eigenvalue weighted by Crippen LogP contribution is -2.29. The molecule has 0 radical (unpaired) electrons. The zero-order chi connectivity index (χ0) is 22.4. The number of rotatable bonds is 3. The number of aliphatic hydroxyl groups excluding tert-OH is 1. The van der Waals surface area contributed by atoms with E-state index in [-0.39, 0.29) is 11.3 Å². The van der Waals surface area contributed by atoms with E-state index < -0.39 is 17.7 Å². The predicted octanol–water partition coefficient (Wildman–Crippen LogP) is 4.29. The summed E-state index contributed by atoms with van der Waals surface area (Å²) in [5.74, 6) is -0.355. The van der Waals surface area contributed by atoms with Gasteiger partial charge in [0.15, 0.2) is 11.5 Å². The van der Waals surface area contributed by atoms with Crippen LogP contribution >= 0.6 is 0 Å². The lowest BCUT2D eigenvalue weighted by atomic mass is 9.97. The number of hydrogen-bond donors (Lipinski definition) is 1. The molecule has 7 heteroatoms. The van der Waals surface area contributed by atoms with Crippen LogP contribution in [0.1, 0.15) is 28.5 Å². The molecular weight excluding hydrogens is 410 g/mol. The molecule has 1 unspecified atom stereocenters. The van der Waals surface area contributed by atoms with Gasteiger partial charge in [0.1, 0.15) is 30.8 Å². The van der Waals surface area contributed by atoms with E-state index in [9.17, 15) is 14.7 Å². The quantitative estimate of drug-likeness (QED) is 0.378. The number of amides is 1. The van der Waals surface area contributed by atoms with Gasteiger partial charge in [-0.2, -0.15) is 0 Å². The first-order chi connectivity index (χ1) is 15.5. The summed E-state index contributed by atoms with van der Waals surface area (Å²) >= 11 is 0. The fourth-order valence-electron chi connectivity index (χ4n) is 4.04. The number of ether oxygens (including phenoxy) is 2. The van der Waals surface area contributed by atoms with Crippen molar-refractivity contribution in [1.82, 2.24) is 0 Å². The summed E-state index contributed by atoms with van der Waals surface area (Å²) in [5, 5.41) is 11.1. The molecule has 0 saturated carbocycles. The second-order valence-electron chi connectivity index (χ2n) is 7.81. The molecule has 2 aromatic carbocycles. The molecule has 0 spiro atoms. The van der Waals surface area contributed by atoms with Crippen molar-refractivity contribution in [1.29, 1.82) is 0 Å². The van der Waals surface area contributed by atoms with E-state index in [1.54, 1.807) is 42.5 Å². The van der Waals surface area contributed by atoms with Crippen molar-refractivity contribution in [3.05, 3.63) is 82.8 Å². The second kappa shape index (κ2) is 7.60. The topological polar surface area (TPSA) is 89.2 Å². The summed E-state index contributed by atoms with van der Waals surface area (Å²) in [7, 11) is 0. The highest BCUT2D eigenvalue weighted by atomic mass is 16.6. The summed E-state index contributed by atoms with van der Waals surface area (Å²) in [4.78, 5) is 27.6. The van der Waals surface area contributed by atoms with Crippen molar-refractivity contribution in [2.24, 2.45) is 0 Å². The van der Waals surface area contributed by atoms with Crippen molar-refractivity contribution in [3.8, 4) is 11.5 Å². The Balaban J connectivity index is 1.68. The summed E-state index contributed by atoms with van der Waals surface area (Å²) in [6.45, 7) is 4.72. The first-order valence-electron chi connectivity index (χ1n) is 10.3. The SMILES string of the molecule is Cc1ccc(/C(O)=C2/C(=O)C(=O)N(c3ccc4c(c3)OCCO4)C2c2ccco2)cc1C. The number of nitrogens with zero attached hydrogens (tertiary/aromatic N) is 1. The van der Waals surface area contributed by atoms with Gasteiger partial charge in [-0.25, -0.2) is 0 Å². The molecule has 1 aromatic heterocycles. The largest absolute Gasteiger partial charge is 0.507 e. The number of carbonyl (C=O) groups is 2. The summed E-state index contributed by atoms with van der Waals surface area (Å²) in [6.07, 6.45) is 1.47. The molecule has 1 amide bonds. The van der Waals surface area contributed by atoms with Gasteiger partial charge in [-0.3, -0.25) is 14.5 Å². The number of Topliss-reactive ketones (excluding diaryl/α,β-unsaturated/α-hetero) is 1. The zero-order valence-electron chi connectivity index (χ0n) is 17.6. The van der Waals surface area contributed by atoms with Gasteiger partial charge in [0.2, 0.25) is 0 Å². The van der Waals surface area contributed by atoms with Crippen LogP contribution in [-0.2, 0) is 9.59 Å². The standard InChI is InChI=1S/C25H21NO6/c1-14-5-6-16(12-15(14)2)23(27)21-22(19-4-3-9-30-19)26(25(29)24(21)28)17-7-8-18-20(13-17)32-11-10-31-18/h3-9,12-13,22,27H,10-11H2,1-2H3/b23-21-. The lowest BCUT2D eigenvalue weighted by molar-refractivity contribution is -0.132. The van der Waals surface area contributed by atoms with Gasteiger partial charge < -0.3 is 19.0 Å². The monoisotopic (exact) mass is 431 g/mol. The maximum atomic E-state index is 13.2. The van der Waals surface area contributed by atoms with Crippen LogP contribution < -0.4 is 14.4 Å². The number of anilines is 1. The number of furan rings is 1. The van der Waals surface area contributed by atoms with E-state index in [1.165, 1.54) is 11.2 Å². The molecule has 3 heterocycles. The van der Waals surface area contributed by atoms with Crippen LogP contribution in [0.3, 0.4) is 0 Å². The summed E-state index contributed by atoms with van der Waals surface area (Å²) < 4.78 is 16.8. The van der Waals surface area contributed by atoms with Crippen LogP contribution in [0.25, 0.3) is 5.76 Å². The fourth-order valence-corrected chi connectivity index (χ4v) is 4.04. The van der Waals surface area contributed by atoms with Gasteiger partial charge in [0.25, 0.3) is 11.7 Å². The van der Waals surface area contributed by atoms with Crippen LogP contribution in [0.5, 0.6) is 11.5 Å². The Bertz CT molecular complexity index is 1260. The Hall–Kier alpha value is -4.00. The van der Waals surface area contributed by atoms with E-state index >= 15 is 0 Å². The maximum absolute atomic E-state index is 13.2. The highest BCUT2D eigenvalue weighted by Crippen LogP contribution is 2.44. The highest BCUT2D eigenvalue weighted by Gasteiger charge is 2.48. The third-order valence-corrected chi connectivity index (χ3v) is 5.84. The molecule has 5 rings (SSSR count). The molecule has 2 aliphatic rings. The van der Waals surface area contributed by atoms with Gasteiger partial charge in [-0.1, -0.05) is 12.1 Å². The van der Waals surface area contributed by atoms with Crippen molar-refractivity contribution in [2.45, 2.75) is 19.9 Å². The molecule has 3 aromatic rings. The normalized spacial score (nSPS) is 19.4. The van der Waals surface area contributed by atoms with Crippen molar-refractivity contribution in [2.75, 3.05) is 18.1 Å². The third-order valence-electron chi connectivity index (χ3n) is 5.84. The predicted molar refractivity (Wildman–Crippen MR) is 117 cm³/mol. The van der Waals surface area contributed by atoms with Crippen LogP contribution in [-0.4, -0.2) is 30.0 Å². The molecular formula is C25H21NO6. The van der Waals surface area contributed by atoms with Gasteiger partial charge in [-0.05, 0) is 55.3 Å². The molecule has 1 saturated heterocycles. The maximum Gasteiger partial charge on any atom is 0.300 e. The smallest absolute Gasteiger partial charge is 0.300 e. The van der Waals surface area contributed by atoms with Gasteiger partial charge in [0.05, 0.1) is 11.8 Å². The molecule has 0 bridgehead atoms. The number of aryl methyl sites for hydroxylation is 2. The van der Waals surface area contributed by atoms with Crippen molar-refractivity contribution < 1.29 is 28.6 Å². The van der Waals surface area contributed by atoms with E-state index in [0.717, 1.165) is 11.1 Å².